The smallest absolute Gasteiger partial charge is 0.255 e. The molecule has 0 radical (unpaired) electrons. The van der Waals surface area contributed by atoms with Gasteiger partial charge in [0.15, 0.2) is 0 Å². The van der Waals surface area contributed by atoms with E-state index in [-0.39, 0.29) is 5.91 Å². The van der Waals surface area contributed by atoms with Gasteiger partial charge in [-0.1, -0.05) is 40.9 Å². The lowest BCUT2D eigenvalue weighted by molar-refractivity contribution is 0.0557. The van der Waals surface area contributed by atoms with Gasteiger partial charge >= 0.3 is 0 Å². The second kappa shape index (κ2) is 6.27. The molecular weight excluding hydrogens is 326 g/mol. The van der Waals surface area contributed by atoms with Gasteiger partial charge in [0.05, 0.1) is 10.6 Å². The number of carbonyl (C=O) groups is 1. The maximum atomic E-state index is 12.7. The van der Waals surface area contributed by atoms with E-state index in [2.05, 4.69) is 29.8 Å². The Bertz CT molecular complexity index is 477. The molecule has 2 unspecified atom stereocenters. The van der Waals surface area contributed by atoms with E-state index in [4.69, 9.17) is 11.6 Å². The maximum Gasteiger partial charge on any atom is 0.255 e. The molecule has 2 nitrogen and oxygen atoms in total. The number of amides is 1. The van der Waals surface area contributed by atoms with Crippen molar-refractivity contribution in [3.63, 3.8) is 0 Å². The quantitative estimate of drug-likeness (QED) is 0.758. The zero-order valence-corrected chi connectivity index (χ0v) is 13.7. The Morgan fingerprint density at radius 1 is 1.47 bits per heavy atom. The van der Waals surface area contributed by atoms with Gasteiger partial charge in [0.25, 0.3) is 5.91 Å². The van der Waals surface area contributed by atoms with Crippen LogP contribution in [0.3, 0.4) is 0 Å². The summed E-state index contributed by atoms with van der Waals surface area (Å²) in [6, 6.07) is 5.73. The van der Waals surface area contributed by atoms with Crippen molar-refractivity contribution in [2.24, 2.45) is 5.92 Å². The molecule has 1 aliphatic rings. The highest BCUT2D eigenvalue weighted by Crippen LogP contribution is 2.28. The molecule has 1 aromatic carbocycles. The third-order valence-corrected chi connectivity index (χ3v) is 4.80. The van der Waals surface area contributed by atoms with Gasteiger partial charge in [-0.05, 0) is 43.9 Å². The molecule has 0 aliphatic carbocycles. The average Bonchev–Trinajstić information content (AvgIpc) is 2.41. The van der Waals surface area contributed by atoms with Gasteiger partial charge in [-0.25, -0.2) is 0 Å². The molecule has 0 saturated carbocycles. The first-order valence-corrected chi connectivity index (χ1v) is 7.96. The Morgan fingerprint density at radius 2 is 2.21 bits per heavy atom. The largest absolute Gasteiger partial charge is 0.336 e. The lowest BCUT2D eigenvalue weighted by Crippen LogP contribution is -2.45. The van der Waals surface area contributed by atoms with Crippen LogP contribution in [0.4, 0.5) is 0 Å². The highest BCUT2D eigenvalue weighted by Gasteiger charge is 2.29. The number of carbonyl (C=O) groups excluding carboxylic acids is 1. The first kappa shape index (κ1) is 14.9. The van der Waals surface area contributed by atoms with Crippen molar-refractivity contribution in [2.75, 3.05) is 6.54 Å². The summed E-state index contributed by atoms with van der Waals surface area (Å²) >= 11 is 9.56. The number of likely N-dealkylation sites (tertiary alicyclic amines) is 1. The molecule has 0 aromatic heterocycles. The van der Waals surface area contributed by atoms with Crippen LogP contribution in [-0.2, 0) is 0 Å². The average molecular weight is 345 g/mol. The Kier molecular flexibility index (Phi) is 4.91. The van der Waals surface area contributed by atoms with Crippen LogP contribution < -0.4 is 0 Å². The van der Waals surface area contributed by atoms with E-state index < -0.39 is 0 Å². The number of piperidine rings is 1. The highest BCUT2D eigenvalue weighted by atomic mass is 79.9. The van der Waals surface area contributed by atoms with Gasteiger partial charge in [-0.3, -0.25) is 4.79 Å². The lowest BCUT2D eigenvalue weighted by Gasteiger charge is -2.38. The number of nitrogens with zero attached hydrogens (tertiary/aromatic N) is 1. The number of benzene rings is 1. The summed E-state index contributed by atoms with van der Waals surface area (Å²) in [4.78, 5) is 14.6. The number of hydrogen-bond acceptors (Lipinski definition) is 1. The molecule has 1 aliphatic heterocycles. The van der Waals surface area contributed by atoms with E-state index in [1.54, 1.807) is 6.07 Å². The number of hydrogen-bond donors (Lipinski definition) is 0. The SMILES string of the molecule is CCC1CCC(C)N(C(=O)c2cc(Br)ccc2Cl)C1. The molecule has 1 saturated heterocycles. The third-order valence-electron chi connectivity index (χ3n) is 3.98. The normalized spacial score (nSPS) is 23.5. The van der Waals surface area contributed by atoms with E-state index in [9.17, 15) is 4.79 Å². The first-order valence-electron chi connectivity index (χ1n) is 6.79. The molecule has 1 aromatic rings. The van der Waals surface area contributed by atoms with Gasteiger partial charge in [-0.15, -0.1) is 0 Å². The third kappa shape index (κ3) is 3.32. The summed E-state index contributed by atoms with van der Waals surface area (Å²) in [5.41, 5.74) is 0.597. The van der Waals surface area contributed by atoms with Crippen molar-refractivity contribution in [1.82, 2.24) is 4.90 Å². The molecule has 2 atom stereocenters. The van der Waals surface area contributed by atoms with Crippen LogP contribution in [0.2, 0.25) is 5.02 Å². The van der Waals surface area contributed by atoms with Crippen LogP contribution in [0, 0.1) is 5.92 Å². The summed E-state index contributed by atoms with van der Waals surface area (Å²) in [5, 5.41) is 0.527. The summed E-state index contributed by atoms with van der Waals surface area (Å²) in [6.45, 7) is 5.16. The summed E-state index contributed by atoms with van der Waals surface area (Å²) < 4.78 is 0.886. The fraction of sp³-hybridized carbons (Fsp3) is 0.533. The molecule has 0 bridgehead atoms. The predicted octanol–water partition coefficient (Wildman–Crippen LogP) is 4.75. The van der Waals surface area contributed by atoms with Crippen LogP contribution in [0.15, 0.2) is 22.7 Å². The molecule has 1 heterocycles. The zero-order chi connectivity index (χ0) is 14.0. The molecule has 4 heteroatoms. The highest BCUT2D eigenvalue weighted by molar-refractivity contribution is 9.10. The van der Waals surface area contributed by atoms with Crippen molar-refractivity contribution in [3.05, 3.63) is 33.3 Å². The van der Waals surface area contributed by atoms with Crippen LogP contribution in [-0.4, -0.2) is 23.4 Å². The second-order valence-corrected chi connectivity index (χ2v) is 6.61. The Balaban J connectivity index is 2.24. The van der Waals surface area contributed by atoms with Crippen molar-refractivity contribution in [3.8, 4) is 0 Å². The zero-order valence-electron chi connectivity index (χ0n) is 11.3. The molecule has 0 N–H and O–H groups in total. The minimum absolute atomic E-state index is 0.0527. The van der Waals surface area contributed by atoms with Crippen molar-refractivity contribution in [1.29, 1.82) is 0 Å². The summed E-state index contributed by atoms with van der Waals surface area (Å²) in [6.07, 6.45) is 3.42. The molecule has 2 rings (SSSR count). The Labute approximate surface area is 128 Å². The fourth-order valence-electron chi connectivity index (χ4n) is 2.61. The monoisotopic (exact) mass is 343 g/mol. The van der Waals surface area contributed by atoms with E-state index >= 15 is 0 Å². The summed E-state index contributed by atoms with van der Waals surface area (Å²) in [5.74, 6) is 0.669. The van der Waals surface area contributed by atoms with Gasteiger partial charge < -0.3 is 4.90 Å². The van der Waals surface area contributed by atoms with Crippen LogP contribution in [0.25, 0.3) is 0 Å². The second-order valence-electron chi connectivity index (χ2n) is 5.28. The molecule has 19 heavy (non-hydrogen) atoms. The van der Waals surface area contributed by atoms with Crippen LogP contribution in [0.5, 0.6) is 0 Å². The van der Waals surface area contributed by atoms with E-state index in [0.717, 1.165) is 23.9 Å². The van der Waals surface area contributed by atoms with E-state index in [0.29, 0.717) is 22.5 Å². The van der Waals surface area contributed by atoms with E-state index in [1.807, 2.05) is 17.0 Å². The first-order chi connectivity index (χ1) is 9.02. The molecule has 1 amide bonds. The molecule has 104 valence electrons. The molecular formula is C15H19BrClNO. The fourth-order valence-corrected chi connectivity index (χ4v) is 3.17. The van der Waals surface area contributed by atoms with Crippen LogP contribution in [0.1, 0.15) is 43.5 Å². The van der Waals surface area contributed by atoms with Crippen molar-refractivity contribution in [2.45, 2.75) is 39.2 Å². The molecule has 1 fully saturated rings. The summed E-state index contributed by atoms with van der Waals surface area (Å²) in [7, 11) is 0. The molecule has 0 spiro atoms. The minimum Gasteiger partial charge on any atom is -0.336 e. The maximum absolute atomic E-state index is 12.7. The lowest BCUT2D eigenvalue weighted by atomic mass is 9.91. The predicted molar refractivity (Wildman–Crippen MR) is 82.7 cm³/mol. The standard InChI is InChI=1S/C15H19BrClNO/c1-3-11-5-4-10(2)18(9-11)15(19)13-8-12(16)6-7-14(13)17/h6-8,10-11H,3-5,9H2,1-2H3. The van der Waals surface area contributed by atoms with Gasteiger partial charge in [0.2, 0.25) is 0 Å². The van der Waals surface area contributed by atoms with E-state index in [1.165, 1.54) is 6.42 Å². The van der Waals surface area contributed by atoms with Crippen molar-refractivity contribution >= 4 is 33.4 Å². The topological polar surface area (TPSA) is 20.3 Å². The number of halogens is 2. The van der Waals surface area contributed by atoms with Crippen LogP contribution >= 0.6 is 27.5 Å². The Morgan fingerprint density at radius 3 is 2.89 bits per heavy atom. The van der Waals surface area contributed by atoms with Gasteiger partial charge in [-0.2, -0.15) is 0 Å². The van der Waals surface area contributed by atoms with Crippen molar-refractivity contribution < 1.29 is 4.79 Å². The Hall–Kier alpha value is -0.540. The van der Waals surface area contributed by atoms with Gasteiger partial charge in [0, 0.05) is 17.1 Å². The minimum atomic E-state index is 0.0527. The number of rotatable bonds is 2. The van der Waals surface area contributed by atoms with Gasteiger partial charge in [0.1, 0.15) is 0 Å².